The molecule has 1 fully saturated rings. The summed E-state index contributed by atoms with van der Waals surface area (Å²) in [6.45, 7) is 4.73. The molecule has 0 radical (unpaired) electrons. The molecule has 0 saturated carbocycles. The highest BCUT2D eigenvalue weighted by atomic mass is 16.6. The van der Waals surface area contributed by atoms with Gasteiger partial charge in [0.1, 0.15) is 12.2 Å². The molecule has 4 heteroatoms. The average Bonchev–Trinajstić information content (AvgIpc) is 2.64. The molecule has 0 aliphatic carbocycles. The van der Waals surface area contributed by atoms with Gasteiger partial charge in [-0.2, -0.15) is 0 Å². The zero-order chi connectivity index (χ0) is 17.6. The SMILES string of the molecule is C[C@@H]1OC(=O)[C@@H](OCc2ccccc2)C(OCc2ccccc2)[C@@H]1C. The van der Waals surface area contributed by atoms with E-state index in [1.807, 2.05) is 74.5 Å². The molecule has 4 atom stereocenters. The third kappa shape index (κ3) is 4.47. The summed E-state index contributed by atoms with van der Waals surface area (Å²) < 4.78 is 17.4. The first-order valence-electron chi connectivity index (χ1n) is 8.66. The van der Waals surface area contributed by atoms with Crippen LogP contribution in [0, 0.1) is 5.92 Å². The largest absolute Gasteiger partial charge is 0.460 e. The maximum atomic E-state index is 12.4. The van der Waals surface area contributed by atoms with Crippen LogP contribution in [-0.4, -0.2) is 24.3 Å². The summed E-state index contributed by atoms with van der Waals surface area (Å²) in [5.74, 6) is -0.290. The van der Waals surface area contributed by atoms with Gasteiger partial charge in [0.05, 0.1) is 13.2 Å². The molecule has 25 heavy (non-hydrogen) atoms. The quantitative estimate of drug-likeness (QED) is 0.752. The van der Waals surface area contributed by atoms with Crippen LogP contribution in [0.4, 0.5) is 0 Å². The van der Waals surface area contributed by atoms with E-state index in [1.165, 1.54) is 0 Å². The van der Waals surface area contributed by atoms with Gasteiger partial charge >= 0.3 is 5.97 Å². The van der Waals surface area contributed by atoms with Gasteiger partial charge in [-0.1, -0.05) is 67.6 Å². The molecule has 0 N–H and O–H groups in total. The molecule has 132 valence electrons. The number of carbonyl (C=O) groups excluding carboxylic acids is 1. The molecule has 2 aromatic rings. The minimum absolute atomic E-state index is 0.0576. The van der Waals surface area contributed by atoms with Crippen molar-refractivity contribution in [3.05, 3.63) is 71.8 Å². The number of esters is 1. The first-order chi connectivity index (χ1) is 12.1. The van der Waals surface area contributed by atoms with Gasteiger partial charge in [0.2, 0.25) is 0 Å². The average molecular weight is 340 g/mol. The van der Waals surface area contributed by atoms with Crippen LogP contribution in [-0.2, 0) is 32.2 Å². The summed E-state index contributed by atoms with van der Waals surface area (Å²) in [5, 5.41) is 0. The third-order valence-electron chi connectivity index (χ3n) is 4.65. The lowest BCUT2D eigenvalue weighted by molar-refractivity contribution is -0.205. The Morgan fingerprint density at radius 2 is 1.36 bits per heavy atom. The predicted molar refractivity (Wildman–Crippen MR) is 94.8 cm³/mol. The van der Waals surface area contributed by atoms with E-state index in [0.29, 0.717) is 13.2 Å². The van der Waals surface area contributed by atoms with E-state index in [-0.39, 0.29) is 24.1 Å². The van der Waals surface area contributed by atoms with E-state index >= 15 is 0 Å². The number of cyclic esters (lactones) is 1. The zero-order valence-corrected chi connectivity index (χ0v) is 14.6. The molecule has 0 spiro atoms. The number of ether oxygens (including phenoxy) is 3. The topological polar surface area (TPSA) is 44.8 Å². The van der Waals surface area contributed by atoms with Crippen molar-refractivity contribution in [2.75, 3.05) is 0 Å². The van der Waals surface area contributed by atoms with Crippen LogP contribution in [0.2, 0.25) is 0 Å². The van der Waals surface area contributed by atoms with Gasteiger partial charge in [0, 0.05) is 5.92 Å². The van der Waals surface area contributed by atoms with Gasteiger partial charge in [-0.3, -0.25) is 0 Å². The molecule has 1 saturated heterocycles. The van der Waals surface area contributed by atoms with Crippen LogP contribution in [0.3, 0.4) is 0 Å². The second-order valence-corrected chi connectivity index (χ2v) is 6.48. The molecule has 1 aliphatic heterocycles. The Kier molecular flexibility index (Phi) is 5.84. The Morgan fingerprint density at radius 3 is 1.92 bits per heavy atom. The van der Waals surface area contributed by atoms with Crippen molar-refractivity contribution in [2.24, 2.45) is 5.92 Å². The van der Waals surface area contributed by atoms with E-state index < -0.39 is 6.10 Å². The van der Waals surface area contributed by atoms with Gasteiger partial charge < -0.3 is 14.2 Å². The Hall–Kier alpha value is -2.17. The maximum absolute atomic E-state index is 12.4. The fourth-order valence-corrected chi connectivity index (χ4v) is 2.96. The number of rotatable bonds is 6. The van der Waals surface area contributed by atoms with Crippen molar-refractivity contribution in [1.29, 1.82) is 0 Å². The van der Waals surface area contributed by atoms with Gasteiger partial charge in [-0.25, -0.2) is 4.79 Å². The fraction of sp³-hybridized carbons (Fsp3) is 0.381. The Balaban J connectivity index is 1.68. The van der Waals surface area contributed by atoms with Gasteiger partial charge in [-0.05, 0) is 18.1 Å². The molecule has 1 unspecified atom stereocenters. The van der Waals surface area contributed by atoms with Crippen molar-refractivity contribution in [2.45, 2.75) is 45.4 Å². The smallest absolute Gasteiger partial charge is 0.338 e. The summed E-state index contributed by atoms with van der Waals surface area (Å²) in [7, 11) is 0. The lowest BCUT2D eigenvalue weighted by atomic mass is 9.91. The van der Waals surface area contributed by atoms with Gasteiger partial charge in [0.25, 0.3) is 0 Å². The number of benzene rings is 2. The first kappa shape index (κ1) is 17.6. The van der Waals surface area contributed by atoms with Crippen molar-refractivity contribution in [3.8, 4) is 0 Å². The summed E-state index contributed by atoms with van der Waals surface area (Å²) >= 11 is 0. The van der Waals surface area contributed by atoms with Gasteiger partial charge in [-0.15, -0.1) is 0 Å². The molecule has 0 aromatic heterocycles. The van der Waals surface area contributed by atoms with Crippen LogP contribution in [0.1, 0.15) is 25.0 Å². The number of hydrogen-bond donors (Lipinski definition) is 0. The second-order valence-electron chi connectivity index (χ2n) is 6.48. The third-order valence-corrected chi connectivity index (χ3v) is 4.65. The molecule has 3 rings (SSSR count). The van der Waals surface area contributed by atoms with Gasteiger partial charge in [0.15, 0.2) is 6.10 Å². The Bertz CT molecular complexity index is 671. The predicted octanol–water partition coefficient (Wildman–Crippen LogP) is 3.74. The minimum Gasteiger partial charge on any atom is -0.460 e. The van der Waals surface area contributed by atoms with Crippen molar-refractivity contribution >= 4 is 5.97 Å². The van der Waals surface area contributed by atoms with E-state index in [2.05, 4.69) is 0 Å². The van der Waals surface area contributed by atoms with Crippen molar-refractivity contribution in [3.63, 3.8) is 0 Å². The van der Waals surface area contributed by atoms with Crippen molar-refractivity contribution < 1.29 is 19.0 Å². The van der Waals surface area contributed by atoms with Crippen LogP contribution in [0.25, 0.3) is 0 Å². The van der Waals surface area contributed by atoms with Crippen molar-refractivity contribution in [1.82, 2.24) is 0 Å². The highest BCUT2D eigenvalue weighted by molar-refractivity contribution is 5.76. The summed E-state index contributed by atoms with van der Waals surface area (Å²) in [5.41, 5.74) is 2.09. The fourth-order valence-electron chi connectivity index (χ4n) is 2.96. The summed E-state index contributed by atoms with van der Waals surface area (Å²) in [4.78, 5) is 12.4. The Labute approximate surface area is 148 Å². The Morgan fingerprint density at radius 1 is 0.840 bits per heavy atom. The van der Waals surface area contributed by atoms with E-state index in [0.717, 1.165) is 11.1 Å². The maximum Gasteiger partial charge on any atom is 0.338 e. The molecular weight excluding hydrogens is 316 g/mol. The van der Waals surface area contributed by atoms with Crippen LogP contribution in [0.5, 0.6) is 0 Å². The van der Waals surface area contributed by atoms with E-state index in [4.69, 9.17) is 14.2 Å². The lowest BCUT2D eigenvalue weighted by Crippen LogP contribution is -2.52. The second kappa shape index (κ2) is 8.28. The minimum atomic E-state index is -0.713. The molecule has 4 nitrogen and oxygen atoms in total. The number of carbonyl (C=O) groups is 1. The van der Waals surface area contributed by atoms with Crippen LogP contribution >= 0.6 is 0 Å². The highest BCUT2D eigenvalue weighted by Gasteiger charge is 2.43. The standard InChI is InChI=1S/C21H24O4/c1-15-16(2)25-21(22)20(24-14-18-11-7-4-8-12-18)19(15)23-13-17-9-5-3-6-10-17/h3-12,15-16,19-20H,13-14H2,1-2H3/t15-,16+,19?,20+/m1/s1. The zero-order valence-electron chi connectivity index (χ0n) is 14.6. The molecule has 0 bridgehead atoms. The molecule has 2 aromatic carbocycles. The van der Waals surface area contributed by atoms with Crippen LogP contribution < -0.4 is 0 Å². The highest BCUT2D eigenvalue weighted by Crippen LogP contribution is 2.28. The van der Waals surface area contributed by atoms with E-state index in [9.17, 15) is 4.79 Å². The monoisotopic (exact) mass is 340 g/mol. The van der Waals surface area contributed by atoms with E-state index in [1.54, 1.807) is 0 Å². The molecule has 0 amide bonds. The normalized spacial score (nSPS) is 26.2. The molecule has 1 heterocycles. The lowest BCUT2D eigenvalue weighted by Gasteiger charge is -2.38. The molecular formula is C21H24O4. The summed E-state index contributed by atoms with van der Waals surface area (Å²) in [6.07, 6.45) is -1.24. The first-order valence-corrected chi connectivity index (χ1v) is 8.66. The molecule has 1 aliphatic rings. The number of hydrogen-bond acceptors (Lipinski definition) is 4. The van der Waals surface area contributed by atoms with Crippen LogP contribution in [0.15, 0.2) is 60.7 Å². The summed E-state index contributed by atoms with van der Waals surface area (Å²) in [6, 6.07) is 19.7.